The van der Waals surface area contributed by atoms with Gasteiger partial charge in [-0.05, 0) is 92.9 Å². The Morgan fingerprint density at radius 1 is 1.00 bits per heavy atom. The van der Waals surface area contributed by atoms with E-state index in [0.717, 1.165) is 15.6 Å². The molecule has 0 radical (unpaired) electrons. The lowest BCUT2D eigenvalue weighted by atomic mass is 10.1. The third-order valence-electron chi connectivity index (χ3n) is 5.29. The lowest BCUT2D eigenvalue weighted by Gasteiger charge is -2.27. The maximum Gasteiger partial charge on any atom is 0.265 e. The van der Waals surface area contributed by atoms with Crippen molar-refractivity contribution < 1.29 is 17.9 Å². The minimum atomic E-state index is -4.01. The Morgan fingerprint density at radius 3 is 2.33 bits per heavy atom. The summed E-state index contributed by atoms with van der Waals surface area (Å²) in [5, 5.41) is 2.78. The van der Waals surface area contributed by atoms with Crippen LogP contribution in [0, 0.1) is 20.8 Å². The summed E-state index contributed by atoms with van der Waals surface area (Å²) in [5.41, 5.74) is 3.35. The SMILES string of the molecule is CCOc1ccc(NC(=O)CN(c2cccc(C)c2C)S(=O)(=O)c2ccc(Br)cc2C)cc1. The van der Waals surface area contributed by atoms with Gasteiger partial charge in [0.1, 0.15) is 12.3 Å². The van der Waals surface area contributed by atoms with Crippen LogP contribution in [0.1, 0.15) is 23.6 Å². The number of nitrogens with zero attached hydrogens (tertiary/aromatic N) is 1. The Morgan fingerprint density at radius 2 is 1.70 bits per heavy atom. The molecule has 3 aromatic rings. The van der Waals surface area contributed by atoms with Gasteiger partial charge in [-0.3, -0.25) is 9.10 Å². The fraction of sp³-hybridized carbons (Fsp3) is 0.240. The Balaban J connectivity index is 1.97. The number of nitrogens with one attached hydrogen (secondary N) is 1. The highest BCUT2D eigenvalue weighted by molar-refractivity contribution is 9.10. The molecule has 0 bridgehead atoms. The summed E-state index contributed by atoms with van der Waals surface area (Å²) in [7, 11) is -4.01. The first-order valence-electron chi connectivity index (χ1n) is 10.5. The molecule has 3 aromatic carbocycles. The highest BCUT2D eigenvalue weighted by atomic mass is 79.9. The molecular weight excluding hydrogens is 504 g/mol. The minimum absolute atomic E-state index is 0.153. The van der Waals surface area contributed by atoms with Crippen molar-refractivity contribution in [1.82, 2.24) is 0 Å². The molecule has 33 heavy (non-hydrogen) atoms. The second-order valence-corrected chi connectivity index (χ2v) is 10.4. The van der Waals surface area contributed by atoms with E-state index >= 15 is 0 Å². The average molecular weight is 531 g/mol. The molecule has 0 aromatic heterocycles. The van der Waals surface area contributed by atoms with Crippen LogP contribution >= 0.6 is 15.9 Å². The van der Waals surface area contributed by atoms with Crippen molar-refractivity contribution in [2.45, 2.75) is 32.6 Å². The van der Waals surface area contributed by atoms with Crippen molar-refractivity contribution in [3.63, 3.8) is 0 Å². The standard InChI is InChI=1S/C25H27BrN2O4S/c1-5-32-22-12-10-21(11-13-22)27-25(29)16-28(23-8-6-7-17(2)19(23)4)33(30,31)24-14-9-20(26)15-18(24)3/h6-15H,5,16H2,1-4H3,(H,27,29). The maximum atomic E-state index is 13.7. The Kier molecular flexibility index (Phi) is 7.81. The van der Waals surface area contributed by atoms with Crippen LogP contribution in [0.3, 0.4) is 0 Å². The lowest BCUT2D eigenvalue weighted by Crippen LogP contribution is -2.39. The number of hydrogen-bond acceptors (Lipinski definition) is 4. The zero-order valence-electron chi connectivity index (χ0n) is 19.1. The highest BCUT2D eigenvalue weighted by Gasteiger charge is 2.30. The summed E-state index contributed by atoms with van der Waals surface area (Å²) in [5.74, 6) is 0.249. The fourth-order valence-corrected chi connectivity index (χ4v) is 5.62. The second kappa shape index (κ2) is 10.4. The molecule has 8 heteroatoms. The molecule has 0 unspecified atom stereocenters. The van der Waals surface area contributed by atoms with Crippen LogP contribution in [-0.4, -0.2) is 27.5 Å². The first-order valence-corrected chi connectivity index (χ1v) is 12.7. The molecule has 0 fully saturated rings. The van der Waals surface area contributed by atoms with E-state index in [1.807, 2.05) is 26.8 Å². The van der Waals surface area contributed by atoms with E-state index in [1.54, 1.807) is 61.5 Å². The third-order valence-corrected chi connectivity index (χ3v) is 7.70. The quantitative estimate of drug-likeness (QED) is 0.410. The third kappa shape index (κ3) is 5.75. The zero-order chi connectivity index (χ0) is 24.2. The average Bonchev–Trinajstić information content (AvgIpc) is 2.75. The van der Waals surface area contributed by atoms with E-state index in [1.165, 1.54) is 4.31 Å². The molecular formula is C25H27BrN2O4S. The Bertz CT molecular complexity index is 1260. The summed E-state index contributed by atoms with van der Waals surface area (Å²) in [4.78, 5) is 13.1. The largest absolute Gasteiger partial charge is 0.494 e. The summed E-state index contributed by atoms with van der Waals surface area (Å²) in [6, 6.07) is 17.3. The number of carbonyl (C=O) groups is 1. The number of amides is 1. The van der Waals surface area contributed by atoms with E-state index in [4.69, 9.17) is 4.74 Å². The van der Waals surface area contributed by atoms with E-state index in [2.05, 4.69) is 21.2 Å². The van der Waals surface area contributed by atoms with E-state index in [9.17, 15) is 13.2 Å². The normalized spacial score (nSPS) is 11.2. The predicted molar refractivity (Wildman–Crippen MR) is 136 cm³/mol. The van der Waals surface area contributed by atoms with E-state index in [-0.39, 0.29) is 11.4 Å². The van der Waals surface area contributed by atoms with Gasteiger partial charge in [-0.1, -0.05) is 28.1 Å². The first kappa shape index (κ1) is 24.8. The Hall–Kier alpha value is -2.84. The molecule has 6 nitrogen and oxygen atoms in total. The van der Waals surface area contributed by atoms with Crippen molar-refractivity contribution in [3.05, 3.63) is 81.8 Å². The molecule has 0 spiro atoms. The van der Waals surface area contributed by atoms with Crippen molar-refractivity contribution in [1.29, 1.82) is 0 Å². The summed E-state index contributed by atoms with van der Waals surface area (Å²) in [6.45, 7) is 7.57. The lowest BCUT2D eigenvalue weighted by molar-refractivity contribution is -0.114. The molecule has 0 aliphatic heterocycles. The summed E-state index contributed by atoms with van der Waals surface area (Å²) < 4.78 is 34.9. The predicted octanol–water partition coefficient (Wildman–Crippen LogP) is 5.61. The van der Waals surface area contributed by atoms with Crippen molar-refractivity contribution in [2.24, 2.45) is 0 Å². The summed E-state index contributed by atoms with van der Waals surface area (Å²) >= 11 is 3.38. The van der Waals surface area contributed by atoms with Gasteiger partial charge in [0.05, 0.1) is 17.2 Å². The van der Waals surface area contributed by atoms with Crippen molar-refractivity contribution >= 4 is 43.2 Å². The number of hydrogen-bond donors (Lipinski definition) is 1. The smallest absolute Gasteiger partial charge is 0.265 e. The molecule has 0 saturated heterocycles. The molecule has 1 amide bonds. The van der Waals surface area contributed by atoms with E-state index < -0.39 is 15.9 Å². The van der Waals surface area contributed by atoms with Crippen LogP contribution in [0.2, 0.25) is 0 Å². The van der Waals surface area contributed by atoms with Gasteiger partial charge in [0.25, 0.3) is 10.0 Å². The number of rotatable bonds is 8. The van der Waals surface area contributed by atoms with Crippen LogP contribution in [0.15, 0.2) is 70.0 Å². The topological polar surface area (TPSA) is 75.7 Å². The van der Waals surface area contributed by atoms with Gasteiger partial charge in [-0.15, -0.1) is 0 Å². The van der Waals surface area contributed by atoms with Crippen LogP contribution in [-0.2, 0) is 14.8 Å². The monoisotopic (exact) mass is 530 g/mol. The van der Waals surface area contributed by atoms with Crippen LogP contribution in [0.5, 0.6) is 5.75 Å². The number of halogens is 1. The number of ether oxygens (including phenoxy) is 1. The second-order valence-electron chi connectivity index (χ2n) is 7.65. The fourth-order valence-electron chi connectivity index (χ4n) is 3.46. The van der Waals surface area contributed by atoms with Crippen LogP contribution in [0.4, 0.5) is 11.4 Å². The minimum Gasteiger partial charge on any atom is -0.494 e. The molecule has 0 saturated carbocycles. The maximum absolute atomic E-state index is 13.7. The number of anilines is 2. The van der Waals surface area contributed by atoms with Gasteiger partial charge < -0.3 is 10.1 Å². The number of carbonyl (C=O) groups excluding carboxylic acids is 1. The van der Waals surface area contributed by atoms with Gasteiger partial charge >= 0.3 is 0 Å². The number of aryl methyl sites for hydroxylation is 2. The molecule has 0 heterocycles. The van der Waals surface area contributed by atoms with Crippen molar-refractivity contribution in [2.75, 3.05) is 22.8 Å². The number of benzene rings is 3. The van der Waals surface area contributed by atoms with Crippen LogP contribution in [0.25, 0.3) is 0 Å². The van der Waals surface area contributed by atoms with Crippen molar-refractivity contribution in [3.8, 4) is 5.75 Å². The summed E-state index contributed by atoms with van der Waals surface area (Å²) in [6.07, 6.45) is 0. The number of sulfonamides is 1. The van der Waals surface area contributed by atoms with Gasteiger partial charge in [-0.2, -0.15) is 0 Å². The zero-order valence-corrected chi connectivity index (χ0v) is 21.5. The van der Waals surface area contributed by atoms with Gasteiger partial charge in [0.15, 0.2) is 0 Å². The molecule has 3 rings (SSSR count). The molecule has 0 aliphatic rings. The van der Waals surface area contributed by atoms with Gasteiger partial charge in [-0.25, -0.2) is 8.42 Å². The highest BCUT2D eigenvalue weighted by Crippen LogP contribution is 2.31. The Labute approximate surface area is 203 Å². The van der Waals surface area contributed by atoms with E-state index in [0.29, 0.717) is 29.3 Å². The van der Waals surface area contributed by atoms with Gasteiger partial charge in [0.2, 0.25) is 5.91 Å². The molecule has 0 aliphatic carbocycles. The van der Waals surface area contributed by atoms with Gasteiger partial charge in [0, 0.05) is 10.2 Å². The molecule has 174 valence electrons. The first-order chi connectivity index (χ1) is 15.6. The molecule has 0 atom stereocenters. The van der Waals surface area contributed by atoms with Crippen LogP contribution < -0.4 is 14.4 Å². The molecule has 1 N–H and O–H groups in total.